The molecule has 1 aliphatic carbocycles. The summed E-state index contributed by atoms with van der Waals surface area (Å²) in [6.45, 7) is 5.82. The zero-order chi connectivity index (χ0) is 20.4. The average molecular weight is 396 g/mol. The topological polar surface area (TPSA) is 79.3 Å². The third-order valence-corrected chi connectivity index (χ3v) is 5.63. The monoisotopic (exact) mass is 395 g/mol. The van der Waals surface area contributed by atoms with Gasteiger partial charge in [0.15, 0.2) is 0 Å². The largest absolute Gasteiger partial charge is 0.353 e. The predicted molar refractivity (Wildman–Crippen MR) is 112 cm³/mol. The Labute approximate surface area is 171 Å². The molecule has 1 aromatic carbocycles. The van der Waals surface area contributed by atoms with Crippen molar-refractivity contribution in [3.05, 3.63) is 41.6 Å². The molecule has 2 N–H and O–H groups in total. The molecule has 4 rings (SSSR count). The molecule has 0 unspecified atom stereocenters. The van der Waals surface area contributed by atoms with Crippen molar-refractivity contribution >= 4 is 17.6 Å². The summed E-state index contributed by atoms with van der Waals surface area (Å²) in [7, 11) is 0. The Balaban J connectivity index is 1.31. The number of aryl methyl sites for hydroxylation is 2. The number of aromatic nitrogens is 2. The maximum absolute atomic E-state index is 12.6. The van der Waals surface area contributed by atoms with Crippen molar-refractivity contribution in [1.82, 2.24) is 20.0 Å². The number of nitrogens with zero attached hydrogens (tertiary/aromatic N) is 3. The van der Waals surface area contributed by atoms with Crippen LogP contribution in [0.1, 0.15) is 36.9 Å². The van der Waals surface area contributed by atoms with Crippen LogP contribution in [0.4, 0.5) is 5.82 Å². The number of likely N-dealkylation sites (tertiary alicyclic amines) is 1. The molecule has 2 fully saturated rings. The Kier molecular flexibility index (Phi) is 5.67. The number of carbonyl (C=O) groups excluding carboxylic acids is 2. The number of carbonyl (C=O) groups is 2. The number of hydrogen-bond donors (Lipinski definition) is 2. The van der Waals surface area contributed by atoms with Gasteiger partial charge in [0.2, 0.25) is 11.8 Å². The Hall–Kier alpha value is -2.67. The van der Waals surface area contributed by atoms with E-state index >= 15 is 0 Å². The first kappa shape index (κ1) is 19.6. The number of amides is 2. The number of rotatable bonds is 6. The predicted octanol–water partition coefficient (Wildman–Crippen LogP) is 2.42. The van der Waals surface area contributed by atoms with Gasteiger partial charge in [0.05, 0.1) is 17.9 Å². The van der Waals surface area contributed by atoms with Crippen molar-refractivity contribution in [3.63, 3.8) is 0 Å². The molecule has 1 aromatic heterocycles. The molecule has 1 aliphatic heterocycles. The molecule has 0 spiro atoms. The average Bonchev–Trinajstić information content (AvgIpc) is 3.43. The summed E-state index contributed by atoms with van der Waals surface area (Å²) in [4.78, 5) is 26.9. The molecular formula is C22H29N5O2. The Morgan fingerprint density at radius 3 is 2.41 bits per heavy atom. The Bertz CT molecular complexity index is 877. The lowest BCUT2D eigenvalue weighted by Gasteiger charge is -2.30. The van der Waals surface area contributed by atoms with E-state index in [1.807, 2.05) is 44.2 Å². The van der Waals surface area contributed by atoms with Gasteiger partial charge in [0, 0.05) is 18.0 Å². The molecule has 0 radical (unpaired) electrons. The highest BCUT2D eigenvalue weighted by Crippen LogP contribution is 2.23. The molecule has 0 atom stereocenters. The number of hydrogen-bond acceptors (Lipinski definition) is 4. The minimum absolute atomic E-state index is 0.0563. The van der Waals surface area contributed by atoms with Crippen molar-refractivity contribution in [1.29, 1.82) is 0 Å². The van der Waals surface area contributed by atoms with Crippen molar-refractivity contribution in [2.24, 2.45) is 5.92 Å². The van der Waals surface area contributed by atoms with Crippen LogP contribution in [0.25, 0.3) is 5.69 Å². The molecule has 29 heavy (non-hydrogen) atoms. The highest BCUT2D eigenvalue weighted by Gasteiger charge is 2.30. The van der Waals surface area contributed by atoms with Crippen LogP contribution in [0.5, 0.6) is 0 Å². The van der Waals surface area contributed by atoms with E-state index in [2.05, 4.69) is 20.6 Å². The molecule has 7 nitrogen and oxygen atoms in total. The lowest BCUT2D eigenvalue weighted by Crippen LogP contribution is -2.43. The van der Waals surface area contributed by atoms with Gasteiger partial charge in [-0.25, -0.2) is 4.68 Å². The fraction of sp³-hybridized carbons (Fsp3) is 0.500. The first-order chi connectivity index (χ1) is 14.0. The molecule has 1 saturated heterocycles. The second kappa shape index (κ2) is 8.37. The van der Waals surface area contributed by atoms with Crippen LogP contribution < -0.4 is 10.6 Å². The van der Waals surface area contributed by atoms with E-state index in [9.17, 15) is 9.59 Å². The summed E-state index contributed by atoms with van der Waals surface area (Å²) >= 11 is 0. The molecule has 0 bridgehead atoms. The molecule has 2 amide bonds. The van der Waals surface area contributed by atoms with Gasteiger partial charge in [0.1, 0.15) is 5.82 Å². The maximum Gasteiger partial charge on any atom is 0.239 e. The van der Waals surface area contributed by atoms with E-state index in [0.29, 0.717) is 18.4 Å². The van der Waals surface area contributed by atoms with Crippen LogP contribution in [0, 0.1) is 19.8 Å². The second-order valence-corrected chi connectivity index (χ2v) is 8.30. The van der Waals surface area contributed by atoms with E-state index in [-0.39, 0.29) is 17.7 Å². The van der Waals surface area contributed by atoms with Crippen LogP contribution >= 0.6 is 0 Å². The van der Waals surface area contributed by atoms with Gasteiger partial charge < -0.3 is 10.6 Å². The van der Waals surface area contributed by atoms with Gasteiger partial charge in [-0.05, 0) is 64.8 Å². The molecule has 1 saturated carbocycles. The van der Waals surface area contributed by atoms with Crippen LogP contribution in [0.2, 0.25) is 0 Å². The van der Waals surface area contributed by atoms with Crippen molar-refractivity contribution in [3.8, 4) is 5.69 Å². The number of benzene rings is 1. The fourth-order valence-corrected chi connectivity index (χ4v) is 3.76. The smallest absolute Gasteiger partial charge is 0.239 e. The lowest BCUT2D eigenvalue weighted by molar-refractivity contribution is -0.126. The normalized spacial score (nSPS) is 17.9. The summed E-state index contributed by atoms with van der Waals surface area (Å²) in [5.74, 6) is 0.892. The minimum atomic E-state index is -0.0563. The zero-order valence-corrected chi connectivity index (χ0v) is 17.1. The van der Waals surface area contributed by atoms with E-state index in [0.717, 1.165) is 50.2 Å². The standard InChI is InChI=1S/C22H29N5O2/c1-15-3-7-19(8-4-15)27-20(13-16(2)25-27)24-21(28)14-26-11-9-17(10-12-26)22(29)23-18-5-6-18/h3-4,7-8,13,17-18H,5-6,9-12,14H2,1-2H3,(H,23,29)(H,24,28). The highest BCUT2D eigenvalue weighted by atomic mass is 16.2. The van der Waals surface area contributed by atoms with E-state index < -0.39 is 0 Å². The van der Waals surface area contributed by atoms with Gasteiger partial charge in [-0.1, -0.05) is 17.7 Å². The first-order valence-corrected chi connectivity index (χ1v) is 10.4. The Morgan fingerprint density at radius 1 is 1.07 bits per heavy atom. The van der Waals surface area contributed by atoms with Crippen molar-refractivity contribution < 1.29 is 9.59 Å². The van der Waals surface area contributed by atoms with E-state index in [4.69, 9.17) is 0 Å². The molecular weight excluding hydrogens is 366 g/mol. The zero-order valence-electron chi connectivity index (χ0n) is 17.1. The van der Waals surface area contributed by atoms with Gasteiger partial charge >= 0.3 is 0 Å². The number of anilines is 1. The van der Waals surface area contributed by atoms with Crippen LogP contribution in [-0.2, 0) is 9.59 Å². The van der Waals surface area contributed by atoms with Crippen molar-refractivity contribution in [2.75, 3.05) is 25.0 Å². The highest BCUT2D eigenvalue weighted by molar-refractivity contribution is 5.91. The second-order valence-electron chi connectivity index (χ2n) is 8.30. The van der Waals surface area contributed by atoms with Crippen LogP contribution in [0.15, 0.2) is 30.3 Å². The first-order valence-electron chi connectivity index (χ1n) is 10.4. The maximum atomic E-state index is 12.6. The SMILES string of the molecule is Cc1ccc(-n2nc(C)cc2NC(=O)CN2CCC(C(=O)NC3CC3)CC2)cc1. The fourth-order valence-electron chi connectivity index (χ4n) is 3.76. The summed E-state index contributed by atoms with van der Waals surface area (Å²) < 4.78 is 1.77. The summed E-state index contributed by atoms with van der Waals surface area (Å²) in [5.41, 5.74) is 2.95. The van der Waals surface area contributed by atoms with Gasteiger partial charge in [-0.3, -0.25) is 14.5 Å². The number of nitrogens with one attached hydrogen (secondary N) is 2. The summed E-state index contributed by atoms with van der Waals surface area (Å²) in [5, 5.41) is 10.6. The van der Waals surface area contributed by atoms with Crippen LogP contribution in [-0.4, -0.2) is 52.2 Å². The molecule has 154 valence electrons. The molecule has 2 aliphatic rings. The van der Waals surface area contributed by atoms with Gasteiger partial charge in [-0.2, -0.15) is 5.10 Å². The lowest BCUT2D eigenvalue weighted by atomic mass is 9.96. The molecule has 7 heteroatoms. The molecule has 2 heterocycles. The quantitative estimate of drug-likeness (QED) is 0.787. The third kappa shape index (κ3) is 5.03. The van der Waals surface area contributed by atoms with Gasteiger partial charge in [-0.15, -0.1) is 0 Å². The Morgan fingerprint density at radius 2 is 1.76 bits per heavy atom. The van der Waals surface area contributed by atoms with E-state index in [1.165, 1.54) is 5.56 Å². The van der Waals surface area contributed by atoms with Gasteiger partial charge in [0.25, 0.3) is 0 Å². The third-order valence-electron chi connectivity index (χ3n) is 5.63. The van der Waals surface area contributed by atoms with E-state index in [1.54, 1.807) is 4.68 Å². The molecule has 2 aromatic rings. The summed E-state index contributed by atoms with van der Waals surface area (Å²) in [6, 6.07) is 10.3. The summed E-state index contributed by atoms with van der Waals surface area (Å²) in [6.07, 6.45) is 3.85. The number of piperidine rings is 1. The van der Waals surface area contributed by atoms with Crippen molar-refractivity contribution in [2.45, 2.75) is 45.6 Å². The minimum Gasteiger partial charge on any atom is -0.353 e. The van der Waals surface area contributed by atoms with Crippen LogP contribution in [0.3, 0.4) is 0 Å².